The molecular formula is C12H14F3NO. The molecule has 0 aliphatic rings. The number of nitrogens with two attached hydrogens (primary N) is 1. The Hall–Kier alpha value is -1.36. The number of alkyl halides is 3. The zero-order chi connectivity index (χ0) is 13.2. The average molecular weight is 245 g/mol. The van der Waals surface area contributed by atoms with Gasteiger partial charge in [0, 0.05) is 5.56 Å². The number of carbonyl (C=O) groups is 1. The topological polar surface area (TPSA) is 43.1 Å². The zero-order valence-electron chi connectivity index (χ0n) is 9.64. The first-order valence-corrected chi connectivity index (χ1v) is 5.25. The van der Waals surface area contributed by atoms with Crippen LogP contribution in [0.1, 0.15) is 34.8 Å². The van der Waals surface area contributed by atoms with Crippen molar-refractivity contribution in [3.8, 4) is 0 Å². The fraction of sp³-hybridized carbons (Fsp3) is 0.417. The quantitative estimate of drug-likeness (QED) is 0.832. The lowest BCUT2D eigenvalue weighted by molar-refractivity contribution is -0.137. The highest BCUT2D eigenvalue weighted by molar-refractivity contribution is 6.01. The summed E-state index contributed by atoms with van der Waals surface area (Å²) < 4.78 is 37.2. The molecule has 5 heteroatoms. The van der Waals surface area contributed by atoms with Gasteiger partial charge in [-0.25, -0.2) is 0 Å². The maximum Gasteiger partial charge on any atom is 0.416 e. The van der Waals surface area contributed by atoms with Crippen molar-refractivity contribution < 1.29 is 18.0 Å². The summed E-state index contributed by atoms with van der Waals surface area (Å²) >= 11 is 0. The van der Waals surface area contributed by atoms with Crippen LogP contribution in [-0.2, 0) is 6.18 Å². The van der Waals surface area contributed by atoms with E-state index in [-0.39, 0.29) is 11.3 Å². The summed E-state index contributed by atoms with van der Waals surface area (Å²) in [7, 11) is 0. The number of carbonyl (C=O) groups excluding carboxylic acids is 1. The van der Waals surface area contributed by atoms with Gasteiger partial charge in [0.05, 0.1) is 11.6 Å². The minimum absolute atomic E-state index is 0.257. The second kappa shape index (κ2) is 4.87. The van der Waals surface area contributed by atoms with Crippen LogP contribution >= 0.6 is 0 Å². The van der Waals surface area contributed by atoms with E-state index in [1.807, 2.05) is 0 Å². The molecule has 0 aromatic heterocycles. The van der Waals surface area contributed by atoms with Gasteiger partial charge in [-0.3, -0.25) is 4.79 Å². The van der Waals surface area contributed by atoms with Gasteiger partial charge < -0.3 is 5.73 Å². The van der Waals surface area contributed by atoms with E-state index in [9.17, 15) is 18.0 Å². The summed E-state index contributed by atoms with van der Waals surface area (Å²) in [5, 5.41) is 0. The monoisotopic (exact) mass is 245 g/mol. The van der Waals surface area contributed by atoms with Crippen molar-refractivity contribution in [3.05, 3.63) is 34.9 Å². The summed E-state index contributed by atoms with van der Waals surface area (Å²) in [4.78, 5) is 11.8. The van der Waals surface area contributed by atoms with Crippen molar-refractivity contribution in [2.75, 3.05) is 0 Å². The van der Waals surface area contributed by atoms with Crippen LogP contribution in [-0.4, -0.2) is 11.8 Å². The maximum atomic E-state index is 12.4. The Bertz CT molecular complexity index is 426. The van der Waals surface area contributed by atoms with Crippen molar-refractivity contribution in [2.24, 2.45) is 5.73 Å². The fourth-order valence-electron chi connectivity index (χ4n) is 1.50. The maximum absolute atomic E-state index is 12.4. The number of aryl methyl sites for hydroxylation is 1. The Morgan fingerprint density at radius 3 is 2.41 bits per heavy atom. The van der Waals surface area contributed by atoms with Gasteiger partial charge in [-0.15, -0.1) is 0 Å². The van der Waals surface area contributed by atoms with Crippen molar-refractivity contribution in [3.63, 3.8) is 0 Å². The molecule has 17 heavy (non-hydrogen) atoms. The number of hydrogen-bond acceptors (Lipinski definition) is 2. The van der Waals surface area contributed by atoms with Crippen LogP contribution in [0.2, 0.25) is 0 Å². The molecular weight excluding hydrogens is 231 g/mol. The van der Waals surface area contributed by atoms with E-state index in [1.165, 1.54) is 13.0 Å². The van der Waals surface area contributed by atoms with Crippen LogP contribution in [0.3, 0.4) is 0 Å². The van der Waals surface area contributed by atoms with E-state index in [1.54, 1.807) is 6.92 Å². The summed E-state index contributed by atoms with van der Waals surface area (Å²) in [6.45, 7) is 3.23. The Kier molecular flexibility index (Phi) is 3.93. The summed E-state index contributed by atoms with van der Waals surface area (Å²) in [6, 6.07) is 2.40. The standard InChI is InChI=1S/C12H14F3NO/c1-3-10(16)11(17)9-5-4-8(6-7(9)2)12(13,14)15/h4-6,10H,3,16H2,1-2H3. The molecule has 94 valence electrons. The zero-order valence-corrected chi connectivity index (χ0v) is 9.64. The molecule has 1 unspecified atom stereocenters. The van der Waals surface area contributed by atoms with E-state index in [4.69, 9.17) is 5.73 Å². The first-order chi connectivity index (χ1) is 7.77. The molecule has 0 saturated carbocycles. The van der Waals surface area contributed by atoms with E-state index in [0.29, 0.717) is 12.0 Å². The SMILES string of the molecule is CCC(N)C(=O)c1ccc(C(F)(F)F)cc1C. The van der Waals surface area contributed by atoms with E-state index in [0.717, 1.165) is 12.1 Å². The molecule has 0 saturated heterocycles. The number of ketones is 1. The lowest BCUT2D eigenvalue weighted by Crippen LogP contribution is -2.30. The Labute approximate surface area is 97.6 Å². The Morgan fingerprint density at radius 2 is 2.00 bits per heavy atom. The van der Waals surface area contributed by atoms with Crippen LogP contribution in [0.4, 0.5) is 13.2 Å². The minimum Gasteiger partial charge on any atom is -0.321 e. The molecule has 0 amide bonds. The number of halogens is 3. The van der Waals surface area contributed by atoms with Crippen LogP contribution in [0.5, 0.6) is 0 Å². The highest BCUT2D eigenvalue weighted by Gasteiger charge is 2.31. The van der Waals surface area contributed by atoms with Gasteiger partial charge >= 0.3 is 6.18 Å². The van der Waals surface area contributed by atoms with Crippen molar-refractivity contribution in [1.82, 2.24) is 0 Å². The predicted octanol–water partition coefficient (Wildman–Crippen LogP) is 2.93. The molecule has 2 N–H and O–H groups in total. The predicted molar refractivity (Wildman–Crippen MR) is 58.8 cm³/mol. The molecule has 0 aliphatic carbocycles. The smallest absolute Gasteiger partial charge is 0.321 e. The molecule has 0 heterocycles. The Balaban J connectivity index is 3.11. The normalized spacial score (nSPS) is 13.5. The highest BCUT2D eigenvalue weighted by atomic mass is 19.4. The lowest BCUT2D eigenvalue weighted by atomic mass is 9.97. The highest BCUT2D eigenvalue weighted by Crippen LogP contribution is 2.30. The first kappa shape index (κ1) is 13.7. The number of benzene rings is 1. The molecule has 0 bridgehead atoms. The van der Waals surface area contributed by atoms with E-state index < -0.39 is 17.8 Å². The molecule has 0 radical (unpaired) electrons. The van der Waals surface area contributed by atoms with Crippen LogP contribution in [0.25, 0.3) is 0 Å². The van der Waals surface area contributed by atoms with Gasteiger partial charge in [-0.2, -0.15) is 13.2 Å². The van der Waals surface area contributed by atoms with Crippen molar-refractivity contribution in [2.45, 2.75) is 32.5 Å². The number of hydrogen-bond donors (Lipinski definition) is 1. The lowest BCUT2D eigenvalue weighted by Gasteiger charge is -2.13. The molecule has 0 aliphatic heterocycles. The summed E-state index contributed by atoms with van der Waals surface area (Å²) in [5.41, 5.74) is 5.37. The van der Waals surface area contributed by atoms with Gasteiger partial charge in [-0.05, 0) is 31.0 Å². The van der Waals surface area contributed by atoms with Gasteiger partial charge in [0.25, 0.3) is 0 Å². The molecule has 1 aromatic rings. The Morgan fingerprint density at radius 1 is 1.41 bits per heavy atom. The van der Waals surface area contributed by atoms with Crippen LogP contribution in [0.15, 0.2) is 18.2 Å². The molecule has 0 spiro atoms. The molecule has 0 fully saturated rings. The number of rotatable bonds is 3. The summed E-state index contributed by atoms with van der Waals surface area (Å²) in [5.74, 6) is -0.321. The molecule has 1 atom stereocenters. The third kappa shape index (κ3) is 3.06. The summed E-state index contributed by atoms with van der Waals surface area (Å²) in [6.07, 6.45) is -3.93. The largest absolute Gasteiger partial charge is 0.416 e. The first-order valence-electron chi connectivity index (χ1n) is 5.25. The van der Waals surface area contributed by atoms with Gasteiger partial charge in [0.1, 0.15) is 0 Å². The average Bonchev–Trinajstić information content (AvgIpc) is 2.25. The van der Waals surface area contributed by atoms with Crippen molar-refractivity contribution >= 4 is 5.78 Å². The fourth-order valence-corrected chi connectivity index (χ4v) is 1.50. The second-order valence-electron chi connectivity index (χ2n) is 3.91. The third-order valence-electron chi connectivity index (χ3n) is 2.60. The number of Topliss-reactive ketones (excluding diaryl/α,β-unsaturated/α-hetero) is 1. The van der Waals surface area contributed by atoms with Gasteiger partial charge in [0.2, 0.25) is 0 Å². The minimum atomic E-state index is -4.39. The third-order valence-corrected chi connectivity index (χ3v) is 2.60. The van der Waals surface area contributed by atoms with Gasteiger partial charge in [-0.1, -0.05) is 13.0 Å². The second-order valence-corrected chi connectivity index (χ2v) is 3.91. The molecule has 1 aromatic carbocycles. The van der Waals surface area contributed by atoms with Crippen LogP contribution in [0, 0.1) is 6.92 Å². The molecule has 2 nitrogen and oxygen atoms in total. The van der Waals surface area contributed by atoms with E-state index >= 15 is 0 Å². The van der Waals surface area contributed by atoms with Gasteiger partial charge in [0.15, 0.2) is 5.78 Å². The van der Waals surface area contributed by atoms with Crippen LogP contribution < -0.4 is 5.73 Å². The van der Waals surface area contributed by atoms with E-state index in [2.05, 4.69) is 0 Å². The van der Waals surface area contributed by atoms with Crippen molar-refractivity contribution in [1.29, 1.82) is 0 Å². The molecule has 1 rings (SSSR count).